The number of hydrogen-bond acceptors (Lipinski definition) is 7. The maximum absolute atomic E-state index is 11.9. The summed E-state index contributed by atoms with van der Waals surface area (Å²) in [7, 11) is 4.56. The number of carboxylic acids is 1. The van der Waals surface area contributed by atoms with E-state index in [1.54, 1.807) is 30.3 Å². The zero-order valence-electron chi connectivity index (χ0n) is 16.6. The molecule has 2 aromatic carbocycles. The molecule has 0 spiro atoms. The maximum Gasteiger partial charge on any atom is 0.342 e. The van der Waals surface area contributed by atoms with Crippen LogP contribution in [0.25, 0.3) is 17.5 Å². The molecule has 0 saturated carbocycles. The zero-order chi connectivity index (χ0) is 22.5. The monoisotopic (exact) mass is 525 g/mol. The maximum atomic E-state index is 11.9. The van der Waals surface area contributed by atoms with E-state index in [0.717, 1.165) is 11.8 Å². The van der Waals surface area contributed by atoms with Crippen LogP contribution in [0.4, 0.5) is 0 Å². The summed E-state index contributed by atoms with van der Waals surface area (Å²) in [5.41, 5.74) is 1.16. The van der Waals surface area contributed by atoms with Gasteiger partial charge in [0.15, 0.2) is 5.82 Å². The second-order valence-electron chi connectivity index (χ2n) is 5.96. The highest BCUT2D eigenvalue weighted by molar-refractivity contribution is 9.10. The van der Waals surface area contributed by atoms with Gasteiger partial charge in [-0.2, -0.15) is 0 Å². The Morgan fingerprint density at radius 3 is 2.48 bits per heavy atom. The molecule has 31 heavy (non-hydrogen) atoms. The van der Waals surface area contributed by atoms with Crippen LogP contribution in [-0.4, -0.2) is 47.6 Å². The second kappa shape index (κ2) is 10.1. The third-order valence-electron chi connectivity index (χ3n) is 4.08. The third-order valence-corrected chi connectivity index (χ3v) is 5.82. The van der Waals surface area contributed by atoms with Crippen molar-refractivity contribution in [3.8, 4) is 28.6 Å². The number of nitrogens with zero attached hydrogens (tertiary/aromatic N) is 2. The number of benzene rings is 2. The first-order valence-corrected chi connectivity index (χ1v) is 10.7. The Kier molecular flexibility index (Phi) is 7.47. The van der Waals surface area contributed by atoms with E-state index in [0.29, 0.717) is 43.7 Å². The van der Waals surface area contributed by atoms with Crippen molar-refractivity contribution in [3.63, 3.8) is 0 Å². The lowest BCUT2D eigenvalue weighted by molar-refractivity contribution is -0.131. The number of rotatable bonds is 8. The molecular formula is C20H17BrClN3O5S. The van der Waals surface area contributed by atoms with E-state index in [1.165, 1.54) is 27.4 Å². The first kappa shape index (κ1) is 23.0. The van der Waals surface area contributed by atoms with Gasteiger partial charge < -0.3 is 19.3 Å². The molecule has 0 saturated heterocycles. The number of H-pyrrole nitrogens is 1. The average Bonchev–Trinajstić information content (AvgIpc) is 3.21. The van der Waals surface area contributed by atoms with Crippen LogP contribution in [0.15, 0.2) is 44.9 Å². The first-order chi connectivity index (χ1) is 14.9. The molecule has 0 bridgehead atoms. The fourth-order valence-electron chi connectivity index (χ4n) is 2.65. The fourth-order valence-corrected chi connectivity index (χ4v) is 4.04. The number of aromatic amines is 1. The Morgan fingerprint density at radius 1 is 1.13 bits per heavy atom. The van der Waals surface area contributed by atoms with Gasteiger partial charge in [-0.25, -0.2) is 9.78 Å². The Balaban J connectivity index is 1.95. The van der Waals surface area contributed by atoms with Crippen LogP contribution in [0.2, 0.25) is 5.02 Å². The topological polar surface area (TPSA) is 107 Å². The van der Waals surface area contributed by atoms with Crippen molar-refractivity contribution in [1.82, 2.24) is 15.2 Å². The number of carbonyl (C=O) groups is 1. The molecule has 0 amide bonds. The van der Waals surface area contributed by atoms with Crippen LogP contribution in [0, 0.1) is 0 Å². The molecule has 0 radical (unpaired) electrons. The largest absolute Gasteiger partial charge is 0.496 e. The molecule has 0 atom stereocenters. The highest BCUT2D eigenvalue weighted by Gasteiger charge is 2.18. The minimum atomic E-state index is -1.13. The van der Waals surface area contributed by atoms with Gasteiger partial charge in [0.05, 0.1) is 31.4 Å². The van der Waals surface area contributed by atoms with Gasteiger partial charge >= 0.3 is 5.97 Å². The second-order valence-corrected chi connectivity index (χ2v) is 8.26. The molecule has 0 aliphatic heterocycles. The Hall–Kier alpha value is -2.69. The van der Waals surface area contributed by atoms with Gasteiger partial charge in [0.1, 0.15) is 22.2 Å². The summed E-state index contributed by atoms with van der Waals surface area (Å²) in [4.78, 5) is 16.2. The predicted molar refractivity (Wildman–Crippen MR) is 122 cm³/mol. The van der Waals surface area contributed by atoms with Crippen LogP contribution < -0.4 is 14.2 Å². The first-order valence-electron chi connectivity index (χ1n) is 8.67. The quantitative estimate of drug-likeness (QED) is 0.307. The number of methoxy groups -OCH3 is 3. The van der Waals surface area contributed by atoms with E-state index in [9.17, 15) is 9.90 Å². The number of aliphatic carboxylic acids is 1. The lowest BCUT2D eigenvalue weighted by Gasteiger charge is -2.10. The number of carboxylic acid groups (broad SMARTS) is 1. The smallest absolute Gasteiger partial charge is 0.342 e. The molecule has 1 heterocycles. The number of nitrogens with one attached hydrogen (secondary N) is 1. The van der Waals surface area contributed by atoms with Crippen molar-refractivity contribution in [1.29, 1.82) is 0 Å². The zero-order valence-corrected chi connectivity index (χ0v) is 19.8. The average molecular weight is 527 g/mol. The molecule has 8 nitrogen and oxygen atoms in total. The summed E-state index contributed by atoms with van der Waals surface area (Å²) in [6.07, 6.45) is 1.48. The van der Waals surface area contributed by atoms with Gasteiger partial charge in [-0.3, -0.25) is 5.10 Å². The number of halogens is 2. The van der Waals surface area contributed by atoms with Gasteiger partial charge in [-0.1, -0.05) is 11.6 Å². The summed E-state index contributed by atoms with van der Waals surface area (Å²) in [5, 5.41) is 17.3. The lowest BCUT2D eigenvalue weighted by atomic mass is 10.1. The summed E-state index contributed by atoms with van der Waals surface area (Å²) in [6, 6.07) is 8.46. The normalized spacial score (nSPS) is 11.3. The SMILES string of the molecule is COc1cc(OC)c(/C=C(\Sc2n[nH]c(-c3cc(Cl)ccc3OC)n2)C(=O)O)cc1Br. The molecule has 162 valence electrons. The third kappa shape index (κ3) is 5.33. The van der Waals surface area contributed by atoms with Crippen molar-refractivity contribution in [2.45, 2.75) is 5.16 Å². The van der Waals surface area contributed by atoms with Crippen molar-refractivity contribution in [2.24, 2.45) is 0 Å². The molecule has 1 aromatic heterocycles. The molecule has 2 N–H and O–H groups in total. The van der Waals surface area contributed by atoms with Crippen LogP contribution in [-0.2, 0) is 4.79 Å². The lowest BCUT2D eigenvalue weighted by Crippen LogP contribution is -1.98. The molecule has 11 heteroatoms. The molecule has 0 aliphatic rings. The van der Waals surface area contributed by atoms with Crippen LogP contribution in [0.1, 0.15) is 5.56 Å². The molecule has 0 fully saturated rings. The minimum absolute atomic E-state index is 0.000948. The Morgan fingerprint density at radius 2 is 1.84 bits per heavy atom. The van der Waals surface area contributed by atoms with Crippen molar-refractivity contribution < 1.29 is 24.1 Å². The van der Waals surface area contributed by atoms with Crippen molar-refractivity contribution >= 4 is 51.3 Å². The predicted octanol–water partition coefficient (Wildman–Crippen LogP) is 5.13. The van der Waals surface area contributed by atoms with Crippen molar-refractivity contribution in [3.05, 3.63) is 50.3 Å². The minimum Gasteiger partial charge on any atom is -0.496 e. The summed E-state index contributed by atoms with van der Waals surface area (Å²) in [5.74, 6) is 0.840. The van der Waals surface area contributed by atoms with E-state index in [-0.39, 0.29) is 10.1 Å². The fraction of sp³-hybridized carbons (Fsp3) is 0.150. The Bertz CT molecular complexity index is 1150. The van der Waals surface area contributed by atoms with Crippen LogP contribution >= 0.6 is 39.3 Å². The van der Waals surface area contributed by atoms with Crippen LogP contribution in [0.3, 0.4) is 0 Å². The van der Waals surface area contributed by atoms with Gasteiger partial charge in [-0.15, -0.1) is 5.10 Å². The van der Waals surface area contributed by atoms with E-state index in [1.807, 2.05) is 0 Å². The molecule has 0 unspecified atom stereocenters. The molecule has 3 rings (SSSR count). The van der Waals surface area contributed by atoms with Gasteiger partial charge in [0.25, 0.3) is 0 Å². The number of ether oxygens (including phenoxy) is 3. The summed E-state index contributed by atoms with van der Waals surface area (Å²) >= 11 is 10.4. The highest BCUT2D eigenvalue weighted by Crippen LogP contribution is 2.37. The molecule has 0 aliphatic carbocycles. The summed E-state index contributed by atoms with van der Waals surface area (Å²) in [6.45, 7) is 0. The summed E-state index contributed by atoms with van der Waals surface area (Å²) < 4.78 is 16.6. The van der Waals surface area contributed by atoms with E-state index >= 15 is 0 Å². The standard InChI is InChI=1S/C20H17BrClN3O5S/c1-28-14-5-4-11(22)8-12(14)18-23-20(25-24-18)31-17(19(26)27)7-10-6-13(21)16(30-3)9-15(10)29-2/h4-9H,1-3H3,(H,26,27)(H,23,24,25)/b17-7-. The van der Waals surface area contributed by atoms with Gasteiger partial charge in [0.2, 0.25) is 5.16 Å². The van der Waals surface area contributed by atoms with E-state index < -0.39 is 5.97 Å². The van der Waals surface area contributed by atoms with Gasteiger partial charge in [0, 0.05) is 16.7 Å². The van der Waals surface area contributed by atoms with Crippen LogP contribution in [0.5, 0.6) is 17.2 Å². The number of thioether (sulfide) groups is 1. The highest BCUT2D eigenvalue weighted by atomic mass is 79.9. The molecular weight excluding hydrogens is 510 g/mol. The van der Waals surface area contributed by atoms with E-state index in [4.69, 9.17) is 25.8 Å². The van der Waals surface area contributed by atoms with E-state index in [2.05, 4.69) is 31.1 Å². The van der Waals surface area contributed by atoms with Crippen molar-refractivity contribution in [2.75, 3.05) is 21.3 Å². The number of hydrogen-bond donors (Lipinski definition) is 2. The molecule has 3 aromatic rings. The number of aromatic nitrogens is 3. The Labute approximate surface area is 195 Å². The van der Waals surface area contributed by atoms with Gasteiger partial charge in [-0.05, 0) is 58.0 Å².